The Morgan fingerprint density at radius 2 is 1.80 bits per heavy atom. The number of rotatable bonds is 4. The summed E-state index contributed by atoms with van der Waals surface area (Å²) in [6.07, 6.45) is 1.79. The molecule has 1 aliphatic carbocycles. The molecule has 1 saturated carbocycles. The molecule has 0 radical (unpaired) electrons. The summed E-state index contributed by atoms with van der Waals surface area (Å²) in [5, 5.41) is 4.93. The number of hydrogen-bond acceptors (Lipinski definition) is 4. The maximum Gasteiger partial charge on any atom is 0.309 e. The Bertz CT molecular complexity index is 670. The largest absolute Gasteiger partial charge is 0.368 e. The van der Waals surface area contributed by atoms with Crippen LogP contribution in [0.25, 0.3) is 0 Å². The summed E-state index contributed by atoms with van der Waals surface area (Å²) in [4.78, 5) is 38.9. The van der Waals surface area contributed by atoms with Crippen molar-refractivity contribution in [2.75, 3.05) is 37.6 Å². The smallest absolute Gasteiger partial charge is 0.309 e. The molecule has 2 aliphatic rings. The standard InChI is InChI=1S/C17H21FN4O3/c18-12-2-1-3-14(10-12)21-6-8-22(9-7-21)15(23)11-19-16(24)17(25)20-13-4-5-13/h1-3,10,13H,4-9,11H2,(H,19,24)(H,20,25). The molecular formula is C17H21FN4O3. The molecule has 0 aromatic heterocycles. The number of benzene rings is 1. The third-order valence-electron chi connectivity index (χ3n) is 4.32. The minimum absolute atomic E-state index is 0.102. The molecule has 2 N–H and O–H groups in total. The van der Waals surface area contributed by atoms with Crippen molar-refractivity contribution < 1.29 is 18.8 Å². The van der Waals surface area contributed by atoms with Gasteiger partial charge in [0.2, 0.25) is 5.91 Å². The Kier molecular flexibility index (Phi) is 5.16. The molecular weight excluding hydrogens is 327 g/mol. The van der Waals surface area contributed by atoms with Crippen molar-refractivity contribution >= 4 is 23.4 Å². The number of hydrogen-bond donors (Lipinski definition) is 2. The summed E-state index contributed by atoms with van der Waals surface area (Å²) in [7, 11) is 0. The van der Waals surface area contributed by atoms with E-state index in [1.807, 2.05) is 11.0 Å². The Morgan fingerprint density at radius 3 is 2.44 bits per heavy atom. The molecule has 0 spiro atoms. The average molecular weight is 348 g/mol. The van der Waals surface area contributed by atoms with Gasteiger partial charge >= 0.3 is 11.8 Å². The van der Waals surface area contributed by atoms with Crippen LogP contribution in [0.3, 0.4) is 0 Å². The highest BCUT2D eigenvalue weighted by molar-refractivity contribution is 6.35. The number of carbonyl (C=O) groups is 3. The third kappa shape index (κ3) is 4.68. The van der Waals surface area contributed by atoms with Crippen LogP contribution in [-0.4, -0.2) is 61.4 Å². The van der Waals surface area contributed by atoms with Crippen molar-refractivity contribution in [3.8, 4) is 0 Å². The van der Waals surface area contributed by atoms with Crippen LogP contribution in [0.1, 0.15) is 12.8 Å². The van der Waals surface area contributed by atoms with E-state index in [0.717, 1.165) is 18.5 Å². The minimum Gasteiger partial charge on any atom is -0.368 e. The molecule has 7 nitrogen and oxygen atoms in total. The maximum atomic E-state index is 13.3. The highest BCUT2D eigenvalue weighted by Crippen LogP contribution is 2.18. The van der Waals surface area contributed by atoms with Crippen molar-refractivity contribution in [2.24, 2.45) is 0 Å². The van der Waals surface area contributed by atoms with Gasteiger partial charge in [-0.3, -0.25) is 14.4 Å². The Hall–Kier alpha value is -2.64. The second-order valence-corrected chi connectivity index (χ2v) is 6.28. The lowest BCUT2D eigenvalue weighted by atomic mass is 10.2. The molecule has 8 heteroatoms. The first kappa shape index (κ1) is 17.2. The molecule has 0 unspecified atom stereocenters. The quantitative estimate of drug-likeness (QED) is 0.743. The molecule has 1 saturated heterocycles. The van der Waals surface area contributed by atoms with E-state index >= 15 is 0 Å². The van der Waals surface area contributed by atoms with Gasteiger partial charge in [-0.15, -0.1) is 0 Å². The van der Waals surface area contributed by atoms with Crippen LogP contribution >= 0.6 is 0 Å². The van der Waals surface area contributed by atoms with Crippen LogP contribution in [0, 0.1) is 5.82 Å². The first-order valence-corrected chi connectivity index (χ1v) is 8.40. The second-order valence-electron chi connectivity index (χ2n) is 6.28. The molecule has 25 heavy (non-hydrogen) atoms. The van der Waals surface area contributed by atoms with E-state index in [1.54, 1.807) is 11.0 Å². The van der Waals surface area contributed by atoms with Crippen LogP contribution in [0.15, 0.2) is 24.3 Å². The predicted octanol–water partition coefficient (Wildman–Crippen LogP) is -0.131. The number of anilines is 1. The first-order chi connectivity index (χ1) is 12.0. The molecule has 3 amide bonds. The van der Waals surface area contributed by atoms with Gasteiger partial charge in [0.1, 0.15) is 5.82 Å². The Morgan fingerprint density at radius 1 is 1.08 bits per heavy atom. The van der Waals surface area contributed by atoms with E-state index in [9.17, 15) is 18.8 Å². The van der Waals surface area contributed by atoms with Crippen molar-refractivity contribution in [3.05, 3.63) is 30.1 Å². The molecule has 0 bridgehead atoms. The van der Waals surface area contributed by atoms with E-state index < -0.39 is 11.8 Å². The highest BCUT2D eigenvalue weighted by atomic mass is 19.1. The monoisotopic (exact) mass is 348 g/mol. The summed E-state index contributed by atoms with van der Waals surface area (Å²) in [5.74, 6) is -1.99. The molecule has 1 aromatic carbocycles. The summed E-state index contributed by atoms with van der Waals surface area (Å²) in [6.45, 7) is 1.95. The molecule has 3 rings (SSSR count). The number of halogens is 1. The average Bonchev–Trinajstić information content (AvgIpc) is 3.43. The fraction of sp³-hybridized carbons (Fsp3) is 0.471. The van der Waals surface area contributed by atoms with Crippen LogP contribution < -0.4 is 15.5 Å². The van der Waals surface area contributed by atoms with Crippen molar-refractivity contribution in [3.63, 3.8) is 0 Å². The van der Waals surface area contributed by atoms with Gasteiger partial charge in [-0.05, 0) is 31.0 Å². The summed E-state index contributed by atoms with van der Waals surface area (Å²) < 4.78 is 13.3. The topological polar surface area (TPSA) is 81.8 Å². The van der Waals surface area contributed by atoms with E-state index in [0.29, 0.717) is 26.2 Å². The van der Waals surface area contributed by atoms with Crippen LogP contribution in [0.2, 0.25) is 0 Å². The SMILES string of the molecule is O=C(NCC(=O)N1CCN(c2cccc(F)c2)CC1)C(=O)NC1CC1. The number of carbonyl (C=O) groups excluding carboxylic acids is 3. The van der Waals surface area contributed by atoms with Crippen LogP contribution in [0.5, 0.6) is 0 Å². The Labute approximate surface area is 145 Å². The Balaban J connectivity index is 1.42. The number of nitrogens with zero attached hydrogens (tertiary/aromatic N) is 2. The zero-order chi connectivity index (χ0) is 17.8. The molecule has 1 heterocycles. The van der Waals surface area contributed by atoms with Gasteiger partial charge in [0.05, 0.1) is 6.54 Å². The van der Waals surface area contributed by atoms with Gasteiger partial charge in [-0.1, -0.05) is 6.07 Å². The summed E-state index contributed by atoms with van der Waals surface area (Å²) in [6, 6.07) is 6.45. The molecule has 1 aromatic rings. The minimum atomic E-state index is -0.779. The van der Waals surface area contributed by atoms with E-state index in [1.165, 1.54) is 12.1 Å². The van der Waals surface area contributed by atoms with E-state index in [-0.39, 0.29) is 24.3 Å². The fourth-order valence-electron chi connectivity index (χ4n) is 2.71. The number of nitrogens with one attached hydrogen (secondary N) is 2. The predicted molar refractivity (Wildman–Crippen MR) is 89.4 cm³/mol. The zero-order valence-electron chi connectivity index (χ0n) is 13.8. The number of piperazine rings is 1. The summed E-state index contributed by atoms with van der Waals surface area (Å²) >= 11 is 0. The molecule has 2 fully saturated rings. The van der Waals surface area contributed by atoms with Crippen LogP contribution in [0.4, 0.5) is 10.1 Å². The molecule has 0 atom stereocenters. The van der Waals surface area contributed by atoms with Gasteiger partial charge in [0, 0.05) is 37.9 Å². The normalized spacial score (nSPS) is 17.2. The molecule has 1 aliphatic heterocycles. The first-order valence-electron chi connectivity index (χ1n) is 8.40. The second kappa shape index (κ2) is 7.50. The highest BCUT2D eigenvalue weighted by Gasteiger charge is 2.27. The van der Waals surface area contributed by atoms with Gasteiger partial charge in [-0.25, -0.2) is 4.39 Å². The van der Waals surface area contributed by atoms with E-state index in [2.05, 4.69) is 10.6 Å². The molecule has 134 valence electrons. The zero-order valence-corrected chi connectivity index (χ0v) is 13.8. The lowest BCUT2D eigenvalue weighted by Crippen LogP contribution is -2.52. The van der Waals surface area contributed by atoms with Gasteiger partial charge in [0.25, 0.3) is 0 Å². The third-order valence-corrected chi connectivity index (χ3v) is 4.32. The lowest BCUT2D eigenvalue weighted by molar-refractivity contribution is -0.140. The van der Waals surface area contributed by atoms with Crippen LogP contribution in [-0.2, 0) is 14.4 Å². The van der Waals surface area contributed by atoms with Gasteiger partial charge < -0.3 is 20.4 Å². The van der Waals surface area contributed by atoms with Crippen molar-refractivity contribution in [2.45, 2.75) is 18.9 Å². The maximum absolute atomic E-state index is 13.3. The van der Waals surface area contributed by atoms with Crippen molar-refractivity contribution in [1.82, 2.24) is 15.5 Å². The van der Waals surface area contributed by atoms with Crippen molar-refractivity contribution in [1.29, 1.82) is 0 Å². The van der Waals surface area contributed by atoms with Gasteiger partial charge in [0.15, 0.2) is 0 Å². The van der Waals surface area contributed by atoms with E-state index in [4.69, 9.17) is 0 Å². The summed E-state index contributed by atoms with van der Waals surface area (Å²) in [5.41, 5.74) is 0.789. The fourth-order valence-corrected chi connectivity index (χ4v) is 2.71. The lowest BCUT2D eigenvalue weighted by Gasteiger charge is -2.36. The number of amides is 3. The van der Waals surface area contributed by atoms with Gasteiger partial charge in [-0.2, -0.15) is 0 Å².